The van der Waals surface area contributed by atoms with Crippen LogP contribution in [0.5, 0.6) is 0 Å². The molecule has 0 radical (unpaired) electrons. The Hall–Kier alpha value is -2.48. The van der Waals surface area contributed by atoms with Crippen LogP contribution in [0.4, 0.5) is 15.6 Å². The lowest BCUT2D eigenvalue weighted by Gasteiger charge is -2.21. The monoisotopic (exact) mass is 375 g/mol. The Balaban J connectivity index is 1.96. The number of benzene rings is 1. The van der Waals surface area contributed by atoms with Crippen molar-refractivity contribution in [3.8, 4) is 0 Å². The second kappa shape index (κ2) is 9.28. The summed E-state index contributed by atoms with van der Waals surface area (Å²) in [6, 6.07) is 7.96. The topological polar surface area (TPSA) is 96.0 Å². The van der Waals surface area contributed by atoms with Crippen LogP contribution in [0.25, 0.3) is 0 Å². The van der Waals surface area contributed by atoms with E-state index in [1.807, 2.05) is 32.0 Å². The largest absolute Gasteiger partial charge is 0.326 e. The van der Waals surface area contributed by atoms with Crippen LogP contribution in [-0.4, -0.2) is 28.2 Å². The summed E-state index contributed by atoms with van der Waals surface area (Å²) in [6.45, 7) is 7.95. The number of carbonyl (C=O) groups is 2. The fourth-order valence-electron chi connectivity index (χ4n) is 2.28. The highest BCUT2D eigenvalue weighted by Gasteiger charge is 2.25. The first-order valence-electron chi connectivity index (χ1n) is 8.61. The van der Waals surface area contributed by atoms with E-state index in [9.17, 15) is 9.59 Å². The number of amides is 3. The first kappa shape index (κ1) is 19.8. The van der Waals surface area contributed by atoms with Gasteiger partial charge in [-0.1, -0.05) is 57.2 Å². The molecule has 3 amide bonds. The van der Waals surface area contributed by atoms with Crippen LogP contribution in [0.1, 0.15) is 32.7 Å². The van der Waals surface area contributed by atoms with E-state index in [0.29, 0.717) is 16.7 Å². The van der Waals surface area contributed by atoms with Crippen molar-refractivity contribution < 1.29 is 9.59 Å². The maximum atomic E-state index is 12.6. The summed E-state index contributed by atoms with van der Waals surface area (Å²) in [6.07, 6.45) is 0.818. The molecule has 1 unspecified atom stereocenters. The SMILES string of the molecule is CC(C)Cc1nnc(NC(=O)C(NC(=O)Nc2ccccc2)C(C)C)s1. The molecule has 0 bridgehead atoms. The standard InChI is InChI=1S/C18H25N5O2S/c1-11(2)10-14-22-23-18(26-14)21-16(24)15(12(3)4)20-17(25)19-13-8-6-5-7-9-13/h5-9,11-12,15H,10H2,1-4H3,(H2,19,20,25)(H,21,23,24). The molecule has 2 aromatic rings. The van der Waals surface area contributed by atoms with Gasteiger partial charge in [-0.3, -0.25) is 10.1 Å². The van der Waals surface area contributed by atoms with Crippen molar-refractivity contribution >= 4 is 34.1 Å². The zero-order valence-electron chi connectivity index (χ0n) is 15.4. The van der Waals surface area contributed by atoms with Gasteiger partial charge in [-0.05, 0) is 24.0 Å². The van der Waals surface area contributed by atoms with Crippen molar-refractivity contribution in [2.75, 3.05) is 10.6 Å². The quantitative estimate of drug-likeness (QED) is 0.690. The van der Waals surface area contributed by atoms with Crippen LogP contribution in [0.3, 0.4) is 0 Å². The zero-order valence-corrected chi connectivity index (χ0v) is 16.3. The minimum absolute atomic E-state index is 0.0837. The lowest BCUT2D eigenvalue weighted by molar-refractivity contribution is -0.118. The van der Waals surface area contributed by atoms with Crippen molar-refractivity contribution in [1.29, 1.82) is 0 Å². The molecule has 2 rings (SSSR count). The average Bonchev–Trinajstić information content (AvgIpc) is 2.99. The van der Waals surface area contributed by atoms with E-state index in [-0.39, 0.29) is 11.8 Å². The minimum Gasteiger partial charge on any atom is -0.326 e. The van der Waals surface area contributed by atoms with Gasteiger partial charge in [0.25, 0.3) is 0 Å². The number of hydrogen-bond acceptors (Lipinski definition) is 5. The van der Waals surface area contributed by atoms with Crippen LogP contribution in [-0.2, 0) is 11.2 Å². The highest BCUT2D eigenvalue weighted by Crippen LogP contribution is 2.19. The molecule has 1 aromatic carbocycles. The van der Waals surface area contributed by atoms with E-state index in [0.717, 1.165) is 11.4 Å². The molecule has 0 aliphatic carbocycles. The third kappa shape index (κ3) is 6.11. The van der Waals surface area contributed by atoms with Gasteiger partial charge < -0.3 is 10.6 Å². The van der Waals surface area contributed by atoms with E-state index in [4.69, 9.17) is 0 Å². The van der Waals surface area contributed by atoms with Gasteiger partial charge in [0.15, 0.2) is 0 Å². The summed E-state index contributed by atoms with van der Waals surface area (Å²) in [4.78, 5) is 24.7. The zero-order chi connectivity index (χ0) is 19.1. The van der Waals surface area contributed by atoms with E-state index < -0.39 is 12.1 Å². The number of urea groups is 1. The van der Waals surface area contributed by atoms with Crippen LogP contribution >= 0.6 is 11.3 Å². The lowest BCUT2D eigenvalue weighted by Crippen LogP contribution is -2.48. The molecule has 1 heterocycles. The average molecular weight is 375 g/mol. The first-order valence-corrected chi connectivity index (χ1v) is 9.42. The van der Waals surface area contributed by atoms with Crippen molar-refractivity contribution in [2.45, 2.75) is 40.2 Å². The van der Waals surface area contributed by atoms with Gasteiger partial charge in [0.05, 0.1) is 0 Å². The molecular weight excluding hydrogens is 350 g/mol. The van der Waals surface area contributed by atoms with Gasteiger partial charge in [0.2, 0.25) is 11.0 Å². The fraction of sp³-hybridized carbons (Fsp3) is 0.444. The van der Waals surface area contributed by atoms with Gasteiger partial charge in [-0.15, -0.1) is 10.2 Å². The number of para-hydroxylation sites is 1. The van der Waals surface area contributed by atoms with Crippen LogP contribution in [0, 0.1) is 11.8 Å². The molecule has 8 heteroatoms. The van der Waals surface area contributed by atoms with Gasteiger partial charge in [-0.25, -0.2) is 4.79 Å². The summed E-state index contributed by atoms with van der Waals surface area (Å²) in [5.41, 5.74) is 0.662. The Morgan fingerprint density at radius 2 is 1.73 bits per heavy atom. The summed E-state index contributed by atoms with van der Waals surface area (Å²) < 4.78 is 0. The Morgan fingerprint density at radius 3 is 2.35 bits per heavy atom. The summed E-state index contributed by atoms with van der Waals surface area (Å²) in [7, 11) is 0. The Labute approximate surface area is 157 Å². The lowest BCUT2D eigenvalue weighted by atomic mass is 10.0. The molecule has 140 valence electrons. The normalized spacial score (nSPS) is 12.1. The predicted octanol–water partition coefficient (Wildman–Crippen LogP) is 3.52. The number of carbonyl (C=O) groups excluding carboxylic acids is 2. The number of nitrogens with one attached hydrogen (secondary N) is 3. The van der Waals surface area contributed by atoms with Gasteiger partial charge >= 0.3 is 6.03 Å². The number of nitrogens with zero attached hydrogens (tertiary/aromatic N) is 2. The molecule has 7 nitrogen and oxygen atoms in total. The molecule has 0 aliphatic heterocycles. The number of anilines is 2. The van der Waals surface area contributed by atoms with Gasteiger partial charge in [0, 0.05) is 12.1 Å². The van der Waals surface area contributed by atoms with E-state index in [1.165, 1.54) is 11.3 Å². The van der Waals surface area contributed by atoms with Crippen molar-refractivity contribution in [3.63, 3.8) is 0 Å². The van der Waals surface area contributed by atoms with Crippen molar-refractivity contribution in [1.82, 2.24) is 15.5 Å². The molecule has 3 N–H and O–H groups in total. The third-order valence-electron chi connectivity index (χ3n) is 3.55. The predicted molar refractivity (Wildman–Crippen MR) is 104 cm³/mol. The molecule has 0 saturated heterocycles. The number of hydrogen-bond donors (Lipinski definition) is 3. The third-order valence-corrected chi connectivity index (χ3v) is 4.41. The Kier molecular flexibility index (Phi) is 7.08. The number of rotatable bonds is 7. The molecular formula is C18H25N5O2S. The Bertz CT molecular complexity index is 730. The molecule has 1 atom stereocenters. The summed E-state index contributed by atoms with van der Waals surface area (Å²) >= 11 is 1.36. The van der Waals surface area contributed by atoms with E-state index in [1.54, 1.807) is 12.1 Å². The van der Waals surface area contributed by atoms with Gasteiger partial charge in [0.1, 0.15) is 11.0 Å². The fourth-order valence-corrected chi connectivity index (χ4v) is 3.24. The maximum Gasteiger partial charge on any atom is 0.319 e. The number of aromatic nitrogens is 2. The molecule has 0 fully saturated rings. The van der Waals surface area contributed by atoms with Crippen molar-refractivity contribution in [3.05, 3.63) is 35.3 Å². The second-order valence-corrected chi connectivity index (χ2v) is 7.84. The van der Waals surface area contributed by atoms with Crippen LogP contribution < -0.4 is 16.0 Å². The summed E-state index contributed by atoms with van der Waals surface area (Å²) in [5, 5.41) is 17.6. The first-order chi connectivity index (χ1) is 12.3. The van der Waals surface area contributed by atoms with E-state index in [2.05, 4.69) is 40.0 Å². The molecule has 0 aliphatic rings. The summed E-state index contributed by atoms with van der Waals surface area (Å²) in [5.74, 6) is 0.0771. The molecule has 26 heavy (non-hydrogen) atoms. The molecule has 0 saturated carbocycles. The highest BCUT2D eigenvalue weighted by atomic mass is 32.1. The second-order valence-electron chi connectivity index (χ2n) is 6.77. The highest BCUT2D eigenvalue weighted by molar-refractivity contribution is 7.15. The van der Waals surface area contributed by atoms with E-state index >= 15 is 0 Å². The smallest absolute Gasteiger partial charge is 0.319 e. The van der Waals surface area contributed by atoms with Crippen molar-refractivity contribution in [2.24, 2.45) is 11.8 Å². The maximum absolute atomic E-state index is 12.6. The Morgan fingerprint density at radius 1 is 1.04 bits per heavy atom. The molecule has 1 aromatic heterocycles. The van der Waals surface area contributed by atoms with Crippen LogP contribution in [0.2, 0.25) is 0 Å². The molecule has 0 spiro atoms. The minimum atomic E-state index is -0.684. The van der Waals surface area contributed by atoms with Gasteiger partial charge in [-0.2, -0.15) is 0 Å². The van der Waals surface area contributed by atoms with Crippen LogP contribution in [0.15, 0.2) is 30.3 Å².